The SMILES string of the molecule is CC1(COc2nc(-c3ccc(O)c(F)c3)nc3c2cnn3C2CCCCO2)CCC1.CC1(COc2nc(Cl)nc3c2cnn3C2CCCCO2)CCC1.OB(O)c1ccc(O)c(F)c1. The third-order valence-corrected chi connectivity index (χ3v) is 12.5. The van der Waals surface area contributed by atoms with E-state index in [9.17, 15) is 13.9 Å². The van der Waals surface area contributed by atoms with Crippen molar-refractivity contribution < 1.29 is 48.0 Å². The number of hydrogen-bond donors (Lipinski definition) is 4. The van der Waals surface area contributed by atoms with Gasteiger partial charge in [0, 0.05) is 29.6 Å². The van der Waals surface area contributed by atoms with Gasteiger partial charge in [-0.2, -0.15) is 25.1 Å². The Morgan fingerprint density at radius 2 is 1.22 bits per heavy atom. The number of benzene rings is 2. The lowest BCUT2D eigenvalue weighted by Crippen LogP contribution is -2.32. The first-order valence-corrected chi connectivity index (χ1v) is 22.1. The number of halogens is 3. The van der Waals surface area contributed by atoms with Gasteiger partial charge in [-0.3, -0.25) is 0 Å². The predicted octanol–water partition coefficient (Wildman–Crippen LogP) is 7.57. The maximum Gasteiger partial charge on any atom is 0.488 e. The number of ether oxygens (including phenoxy) is 4. The van der Waals surface area contributed by atoms with Crippen molar-refractivity contribution in [2.75, 3.05) is 26.4 Å². The average molecular weight is 905 g/mol. The maximum absolute atomic E-state index is 14.0. The molecule has 0 bridgehead atoms. The van der Waals surface area contributed by atoms with Crippen LogP contribution in [0.1, 0.15) is 103 Å². The van der Waals surface area contributed by atoms with Crippen molar-refractivity contribution in [2.45, 2.75) is 103 Å². The van der Waals surface area contributed by atoms with Crippen molar-refractivity contribution in [3.8, 4) is 34.6 Å². The Morgan fingerprint density at radius 3 is 1.69 bits per heavy atom. The Morgan fingerprint density at radius 1 is 0.703 bits per heavy atom. The molecule has 340 valence electrons. The number of phenols is 2. The monoisotopic (exact) mass is 904 g/mol. The van der Waals surface area contributed by atoms with Crippen molar-refractivity contribution in [3.05, 3.63) is 65.7 Å². The van der Waals surface area contributed by atoms with Gasteiger partial charge in [0.15, 0.2) is 52.7 Å². The third-order valence-electron chi connectivity index (χ3n) is 12.4. The zero-order valence-electron chi connectivity index (χ0n) is 35.8. The van der Waals surface area contributed by atoms with Crippen molar-refractivity contribution in [1.29, 1.82) is 0 Å². The Bertz CT molecular complexity index is 2560. The summed E-state index contributed by atoms with van der Waals surface area (Å²) in [5, 5.41) is 46.0. The second kappa shape index (κ2) is 19.5. The summed E-state index contributed by atoms with van der Waals surface area (Å²) in [5.41, 5.74) is 2.18. The number of rotatable bonds is 10. The molecular formula is C44H52BClF2N8O8. The van der Waals surface area contributed by atoms with Gasteiger partial charge < -0.3 is 39.2 Å². The van der Waals surface area contributed by atoms with Crippen molar-refractivity contribution in [1.82, 2.24) is 39.5 Å². The highest BCUT2D eigenvalue weighted by molar-refractivity contribution is 6.58. The molecule has 2 unspecified atom stereocenters. The van der Waals surface area contributed by atoms with Gasteiger partial charge in [0.05, 0.1) is 25.6 Å². The molecule has 4 aromatic heterocycles. The van der Waals surface area contributed by atoms with E-state index in [-0.39, 0.29) is 34.0 Å². The van der Waals surface area contributed by atoms with Gasteiger partial charge in [-0.15, -0.1) is 0 Å². The summed E-state index contributed by atoms with van der Waals surface area (Å²) in [6.45, 7) is 7.12. The number of nitrogens with zero attached hydrogens (tertiary/aromatic N) is 8. The Kier molecular flexibility index (Phi) is 13.8. The van der Waals surface area contributed by atoms with Crippen LogP contribution in [0.3, 0.4) is 0 Å². The molecule has 64 heavy (non-hydrogen) atoms. The van der Waals surface area contributed by atoms with Crippen LogP contribution in [-0.2, 0) is 9.47 Å². The average Bonchev–Trinajstić information content (AvgIpc) is 3.91. The first kappa shape index (κ1) is 45.4. The van der Waals surface area contributed by atoms with Crippen molar-refractivity contribution in [3.63, 3.8) is 0 Å². The Balaban J connectivity index is 0.000000145. The van der Waals surface area contributed by atoms with E-state index in [2.05, 4.69) is 44.0 Å². The van der Waals surface area contributed by atoms with Gasteiger partial charge in [0.25, 0.3) is 0 Å². The minimum absolute atomic E-state index is 0.0142. The van der Waals surface area contributed by atoms with Gasteiger partial charge in [0.1, 0.15) is 10.8 Å². The molecule has 2 aromatic carbocycles. The quantitative estimate of drug-likeness (QED) is 0.0774. The van der Waals surface area contributed by atoms with E-state index in [4.69, 9.17) is 45.7 Å². The van der Waals surface area contributed by atoms with Gasteiger partial charge in [-0.25, -0.2) is 23.1 Å². The standard InChI is InChI=1S/C22H25FN4O3.C16H21ClN4O2.C6H6BFO3/c1-22(8-4-9-22)13-30-21-15-12-24-27(18-5-2-3-10-29-18)20(15)25-19(26-21)14-6-7-17(28)16(23)11-14;1-16(6-4-7-16)10-23-14-11-9-18-21(12-5-2-3-8-22-12)13(11)19-15(17)20-14;8-5-3-4(7(10)11)1-2-6(5)9/h6-7,11-12,18,28H,2-5,8-10,13H2,1H3;9,12H,2-8,10H2,1H3;1-3,9-11H. The molecule has 20 heteroatoms. The second-order valence-electron chi connectivity index (χ2n) is 17.6. The number of aromatic nitrogens is 8. The molecule has 4 N–H and O–H groups in total. The summed E-state index contributed by atoms with van der Waals surface area (Å²) in [7, 11) is -1.70. The van der Waals surface area contributed by atoms with E-state index in [1.165, 1.54) is 43.9 Å². The smallest absolute Gasteiger partial charge is 0.488 e. The van der Waals surface area contributed by atoms with Gasteiger partial charge >= 0.3 is 7.12 Å². The molecule has 0 spiro atoms. The summed E-state index contributed by atoms with van der Waals surface area (Å²) in [4.78, 5) is 17.9. The minimum atomic E-state index is -1.70. The number of fused-ring (bicyclic) bond motifs is 2. The number of aromatic hydroxyl groups is 2. The zero-order valence-corrected chi connectivity index (χ0v) is 36.6. The Labute approximate surface area is 373 Å². The van der Waals surface area contributed by atoms with E-state index in [1.807, 2.05) is 0 Å². The summed E-state index contributed by atoms with van der Waals surface area (Å²) >= 11 is 6.11. The Hall–Kier alpha value is -5.21. The number of hydrogen-bond acceptors (Lipinski definition) is 14. The molecule has 0 amide bonds. The summed E-state index contributed by atoms with van der Waals surface area (Å²) < 4.78 is 53.9. The molecule has 2 aliphatic heterocycles. The fourth-order valence-corrected chi connectivity index (χ4v) is 8.20. The molecule has 2 aliphatic carbocycles. The van der Waals surface area contributed by atoms with Crippen molar-refractivity contribution in [2.24, 2.45) is 10.8 Å². The highest BCUT2D eigenvalue weighted by Crippen LogP contribution is 2.42. The summed E-state index contributed by atoms with van der Waals surface area (Å²) in [5.74, 6) is -1.20. The highest BCUT2D eigenvalue weighted by atomic mass is 35.5. The predicted molar refractivity (Wildman–Crippen MR) is 233 cm³/mol. The molecule has 0 radical (unpaired) electrons. The molecule has 10 rings (SSSR count). The van der Waals surface area contributed by atoms with Gasteiger partial charge in [-0.1, -0.05) is 32.8 Å². The van der Waals surface area contributed by atoms with Crippen LogP contribution in [0, 0.1) is 22.5 Å². The minimum Gasteiger partial charge on any atom is -0.505 e. The molecule has 6 aromatic rings. The number of phenolic OH excluding ortho intramolecular Hbond substituents is 2. The molecule has 2 saturated carbocycles. The van der Waals surface area contributed by atoms with Crippen LogP contribution >= 0.6 is 11.6 Å². The van der Waals surface area contributed by atoms with Crippen LogP contribution in [0.15, 0.2) is 48.8 Å². The fourth-order valence-electron chi connectivity index (χ4n) is 8.04. The summed E-state index contributed by atoms with van der Waals surface area (Å²) in [6, 6.07) is 7.27. The van der Waals surface area contributed by atoms with E-state index in [0.29, 0.717) is 54.3 Å². The van der Waals surface area contributed by atoms with Crippen LogP contribution in [0.25, 0.3) is 33.5 Å². The fraction of sp³-hybridized carbons (Fsp3) is 0.500. The third kappa shape index (κ3) is 10.3. The largest absolute Gasteiger partial charge is 0.505 e. The topological polar surface area (TPSA) is 205 Å². The molecule has 4 aliphatic rings. The summed E-state index contributed by atoms with van der Waals surface area (Å²) in [6.07, 6.45) is 16.5. The zero-order chi connectivity index (χ0) is 45.0. The normalized spacial score (nSPS) is 19.9. The molecule has 2 atom stereocenters. The highest BCUT2D eigenvalue weighted by Gasteiger charge is 2.34. The first-order valence-electron chi connectivity index (χ1n) is 21.8. The lowest BCUT2D eigenvalue weighted by molar-refractivity contribution is -0.0371. The van der Waals surface area contributed by atoms with Gasteiger partial charge in [0.2, 0.25) is 17.0 Å². The van der Waals surface area contributed by atoms with E-state index in [1.54, 1.807) is 27.8 Å². The van der Waals surface area contributed by atoms with Crippen LogP contribution in [0.5, 0.6) is 23.3 Å². The van der Waals surface area contributed by atoms with E-state index in [0.717, 1.165) is 80.9 Å². The van der Waals surface area contributed by atoms with Crippen LogP contribution in [-0.4, -0.2) is 93.3 Å². The van der Waals surface area contributed by atoms with E-state index < -0.39 is 30.3 Å². The van der Waals surface area contributed by atoms with Gasteiger partial charge in [-0.05, 0) is 112 Å². The first-order chi connectivity index (χ1) is 30.8. The lowest BCUT2D eigenvalue weighted by atomic mass is 9.71. The molecular weight excluding hydrogens is 853 g/mol. The van der Waals surface area contributed by atoms with Crippen LogP contribution < -0.4 is 14.9 Å². The molecule has 2 saturated heterocycles. The van der Waals surface area contributed by atoms with Crippen molar-refractivity contribution >= 4 is 46.2 Å². The second-order valence-corrected chi connectivity index (χ2v) is 17.9. The maximum atomic E-state index is 14.0. The molecule has 6 heterocycles. The van der Waals surface area contributed by atoms with Crippen LogP contribution in [0.2, 0.25) is 5.28 Å². The lowest BCUT2D eigenvalue weighted by Gasteiger charge is -2.37. The van der Waals surface area contributed by atoms with Crippen LogP contribution in [0.4, 0.5) is 8.78 Å². The van der Waals surface area contributed by atoms with E-state index >= 15 is 0 Å². The molecule has 16 nitrogen and oxygen atoms in total. The molecule has 4 fully saturated rings.